The number of hydrogen-bond acceptors (Lipinski definition) is 2. The molecule has 0 saturated carbocycles. The first kappa shape index (κ1) is 45.1. The molecule has 0 spiro atoms. The van der Waals surface area contributed by atoms with E-state index in [-0.39, 0.29) is 0 Å². The van der Waals surface area contributed by atoms with Crippen LogP contribution < -0.4 is 10.6 Å². The number of anilines is 4. The summed E-state index contributed by atoms with van der Waals surface area (Å²) >= 11 is 0. The zero-order valence-corrected chi connectivity index (χ0v) is 41.4. The van der Waals surface area contributed by atoms with Crippen molar-refractivity contribution >= 4 is 22.7 Å². The molecular formula is C73H52N2. The predicted octanol–water partition coefficient (Wildman–Crippen LogP) is 19.5. The van der Waals surface area contributed by atoms with Crippen LogP contribution in [0.4, 0.5) is 22.7 Å². The Morgan fingerprint density at radius 2 is 0.467 bits per heavy atom. The molecule has 1 aliphatic carbocycles. The fraction of sp³-hybridized carbons (Fsp3) is 0.0137. The van der Waals surface area contributed by atoms with Crippen molar-refractivity contribution in [2.45, 2.75) is 5.41 Å². The van der Waals surface area contributed by atoms with Gasteiger partial charge in [-0.25, -0.2) is 0 Å². The van der Waals surface area contributed by atoms with Gasteiger partial charge >= 0.3 is 0 Å². The maximum Gasteiger partial charge on any atom is 0.0713 e. The molecule has 12 aromatic carbocycles. The van der Waals surface area contributed by atoms with E-state index in [1.807, 2.05) is 0 Å². The first-order valence-electron chi connectivity index (χ1n) is 25.8. The number of nitrogens with one attached hydrogen (secondary N) is 2. The summed E-state index contributed by atoms with van der Waals surface area (Å²) in [6.07, 6.45) is 0. The summed E-state index contributed by atoms with van der Waals surface area (Å²) < 4.78 is 0. The van der Waals surface area contributed by atoms with E-state index in [4.69, 9.17) is 0 Å². The maximum atomic E-state index is 3.72. The van der Waals surface area contributed by atoms with E-state index in [9.17, 15) is 0 Å². The zero-order valence-electron chi connectivity index (χ0n) is 41.4. The average molecular weight is 957 g/mol. The van der Waals surface area contributed by atoms with Crippen molar-refractivity contribution in [1.82, 2.24) is 0 Å². The van der Waals surface area contributed by atoms with E-state index in [0.717, 1.165) is 33.9 Å². The van der Waals surface area contributed by atoms with Crippen molar-refractivity contribution in [1.29, 1.82) is 0 Å². The molecule has 0 unspecified atom stereocenters. The minimum Gasteiger partial charge on any atom is -0.356 e. The van der Waals surface area contributed by atoms with Crippen LogP contribution >= 0.6 is 0 Å². The molecule has 12 aromatic rings. The SMILES string of the molecule is c1ccc(-c2ccc(Nc3ccc(-c4ccccc4)c(-c4ccc(C5(c6ccc(-c7cc(Nc8ccc(-c9ccccc9)cc8)ccc7-c7ccccc7)cc6)c6ccccc6-c6ccccc65)cc4)c3)cc2)cc1. The lowest BCUT2D eigenvalue weighted by atomic mass is 9.67. The Labute approximate surface area is 440 Å². The van der Waals surface area contributed by atoms with Crippen molar-refractivity contribution in [3.63, 3.8) is 0 Å². The van der Waals surface area contributed by atoms with Gasteiger partial charge in [-0.3, -0.25) is 0 Å². The molecule has 0 bridgehead atoms. The summed E-state index contributed by atoms with van der Waals surface area (Å²) in [7, 11) is 0. The van der Waals surface area contributed by atoms with Gasteiger partial charge in [-0.05, 0) is 149 Å². The molecule has 0 amide bonds. The number of rotatable bonds is 12. The van der Waals surface area contributed by atoms with Gasteiger partial charge in [-0.1, -0.05) is 255 Å². The molecule has 0 radical (unpaired) electrons. The summed E-state index contributed by atoms with van der Waals surface area (Å²) in [5.41, 5.74) is 25.3. The molecule has 2 N–H and O–H groups in total. The molecule has 0 saturated heterocycles. The first-order chi connectivity index (χ1) is 37.2. The van der Waals surface area contributed by atoms with Crippen LogP contribution in [0.25, 0.3) is 77.9 Å². The Morgan fingerprint density at radius 3 is 0.840 bits per heavy atom. The third-order valence-corrected chi connectivity index (χ3v) is 15.0. The Morgan fingerprint density at radius 1 is 0.187 bits per heavy atom. The molecule has 0 aromatic heterocycles. The van der Waals surface area contributed by atoms with E-state index >= 15 is 0 Å². The fourth-order valence-corrected chi connectivity index (χ4v) is 11.4. The van der Waals surface area contributed by atoms with E-state index in [0.29, 0.717) is 0 Å². The van der Waals surface area contributed by atoms with Gasteiger partial charge in [-0.2, -0.15) is 0 Å². The summed E-state index contributed by atoms with van der Waals surface area (Å²) in [4.78, 5) is 0. The van der Waals surface area contributed by atoms with Crippen LogP contribution in [0.2, 0.25) is 0 Å². The minimum absolute atomic E-state index is 0.570. The first-order valence-corrected chi connectivity index (χ1v) is 25.8. The normalized spacial score (nSPS) is 12.1. The molecule has 75 heavy (non-hydrogen) atoms. The fourth-order valence-electron chi connectivity index (χ4n) is 11.4. The highest BCUT2D eigenvalue weighted by molar-refractivity contribution is 5.91. The molecule has 0 fully saturated rings. The highest BCUT2D eigenvalue weighted by Gasteiger charge is 2.46. The third-order valence-electron chi connectivity index (χ3n) is 15.0. The van der Waals surface area contributed by atoms with Crippen molar-refractivity contribution in [2.75, 3.05) is 10.6 Å². The van der Waals surface area contributed by atoms with Gasteiger partial charge in [0.1, 0.15) is 0 Å². The van der Waals surface area contributed by atoms with Crippen LogP contribution in [-0.4, -0.2) is 0 Å². The van der Waals surface area contributed by atoms with Crippen molar-refractivity contribution in [2.24, 2.45) is 0 Å². The van der Waals surface area contributed by atoms with Gasteiger partial charge in [0, 0.05) is 22.7 Å². The Balaban J connectivity index is 0.888. The smallest absolute Gasteiger partial charge is 0.0713 e. The minimum atomic E-state index is -0.570. The van der Waals surface area contributed by atoms with Crippen LogP contribution in [0.1, 0.15) is 22.3 Å². The standard InChI is InChI=1S/C73H52N2/c1-5-17-51(18-6-1)53-33-41-61(42-34-53)74-63-45-47-65(55-21-9-3-10-22-55)69(49-63)57-29-37-59(38-30-57)73(71-27-15-13-25-67(71)68-26-14-16-28-72(68)73)60-39-31-58(32-40-60)70-50-64(46-48-66(70)56-23-11-4-12-24-56)75-62-43-35-54(36-44-62)52-19-7-2-8-20-52/h1-50,74-75H. The molecule has 354 valence electrons. The van der Waals surface area contributed by atoms with E-state index in [2.05, 4.69) is 314 Å². The van der Waals surface area contributed by atoms with Gasteiger partial charge in [0.2, 0.25) is 0 Å². The Kier molecular flexibility index (Phi) is 11.8. The summed E-state index contributed by atoms with van der Waals surface area (Å²) in [5, 5.41) is 7.45. The maximum absolute atomic E-state index is 3.72. The highest BCUT2D eigenvalue weighted by Crippen LogP contribution is 2.56. The highest BCUT2D eigenvalue weighted by atomic mass is 14.9. The number of benzene rings is 12. The largest absolute Gasteiger partial charge is 0.356 e. The molecule has 1 aliphatic rings. The van der Waals surface area contributed by atoms with Gasteiger partial charge in [0.25, 0.3) is 0 Å². The van der Waals surface area contributed by atoms with Crippen molar-refractivity contribution in [3.05, 3.63) is 326 Å². The molecule has 0 aliphatic heterocycles. The van der Waals surface area contributed by atoms with Crippen LogP contribution in [-0.2, 0) is 5.41 Å². The zero-order chi connectivity index (χ0) is 50.0. The number of hydrogen-bond donors (Lipinski definition) is 2. The Hall–Kier alpha value is -9.76. The lowest BCUT2D eigenvalue weighted by Gasteiger charge is -2.34. The second-order valence-corrected chi connectivity index (χ2v) is 19.4. The average Bonchev–Trinajstić information content (AvgIpc) is 3.79. The van der Waals surface area contributed by atoms with Crippen LogP contribution in [0.5, 0.6) is 0 Å². The molecular weight excluding hydrogens is 905 g/mol. The quantitative estimate of drug-likeness (QED) is 0.128. The summed E-state index contributed by atoms with van der Waals surface area (Å²) in [6, 6.07) is 110. The van der Waals surface area contributed by atoms with E-state index in [1.54, 1.807) is 0 Å². The molecule has 13 rings (SSSR count). The molecule has 0 atom stereocenters. The lowest BCUT2D eigenvalue weighted by molar-refractivity contribution is 0.769. The van der Waals surface area contributed by atoms with E-state index in [1.165, 1.54) is 89.0 Å². The van der Waals surface area contributed by atoms with Crippen LogP contribution in [0.3, 0.4) is 0 Å². The van der Waals surface area contributed by atoms with Gasteiger partial charge < -0.3 is 10.6 Å². The Bertz CT molecular complexity index is 3660. The second kappa shape index (κ2) is 19.7. The lowest BCUT2D eigenvalue weighted by Crippen LogP contribution is -2.28. The van der Waals surface area contributed by atoms with Crippen LogP contribution in [0.15, 0.2) is 303 Å². The summed E-state index contributed by atoms with van der Waals surface area (Å²) in [6.45, 7) is 0. The second-order valence-electron chi connectivity index (χ2n) is 19.4. The van der Waals surface area contributed by atoms with Gasteiger partial charge in [0.05, 0.1) is 5.41 Å². The van der Waals surface area contributed by atoms with Crippen molar-refractivity contribution in [3.8, 4) is 77.9 Å². The van der Waals surface area contributed by atoms with Gasteiger partial charge in [-0.15, -0.1) is 0 Å². The van der Waals surface area contributed by atoms with Gasteiger partial charge in [0.15, 0.2) is 0 Å². The topological polar surface area (TPSA) is 24.1 Å². The number of fused-ring (bicyclic) bond motifs is 3. The molecule has 2 nitrogen and oxygen atoms in total. The summed E-state index contributed by atoms with van der Waals surface area (Å²) in [5.74, 6) is 0. The predicted molar refractivity (Wildman–Crippen MR) is 316 cm³/mol. The third kappa shape index (κ3) is 8.59. The monoisotopic (exact) mass is 956 g/mol. The molecule has 0 heterocycles. The molecule has 2 heteroatoms. The van der Waals surface area contributed by atoms with Crippen LogP contribution in [0, 0.1) is 0 Å². The van der Waals surface area contributed by atoms with E-state index < -0.39 is 5.41 Å². The van der Waals surface area contributed by atoms with Crippen molar-refractivity contribution < 1.29 is 0 Å².